The minimum Gasteiger partial charge on any atom is -0.622 e. The molecule has 1 aliphatic rings. The van der Waals surface area contributed by atoms with Crippen molar-refractivity contribution in [3.8, 4) is 0 Å². The lowest BCUT2D eigenvalue weighted by molar-refractivity contribution is -0.547. The Morgan fingerprint density at radius 1 is 1.31 bits per heavy atom. The van der Waals surface area contributed by atoms with Crippen LogP contribution in [0.3, 0.4) is 0 Å². The van der Waals surface area contributed by atoms with E-state index in [2.05, 4.69) is 0 Å². The van der Waals surface area contributed by atoms with E-state index in [1.54, 1.807) is 19.1 Å². The third-order valence-electron chi connectivity index (χ3n) is 2.98. The summed E-state index contributed by atoms with van der Waals surface area (Å²) in [5.41, 5.74) is 1.00. The Kier molecular flexibility index (Phi) is 2.68. The number of hydrogen-bond donors (Lipinski definition) is 0. The van der Waals surface area contributed by atoms with Crippen LogP contribution in [-0.4, -0.2) is 16.1 Å². The predicted molar refractivity (Wildman–Crippen MR) is 63.7 cm³/mol. The summed E-state index contributed by atoms with van der Waals surface area (Å²) < 4.78 is 6.65. The molecule has 0 N–H and O–H groups in total. The van der Waals surface area contributed by atoms with Gasteiger partial charge in [-0.1, -0.05) is 11.6 Å². The van der Waals surface area contributed by atoms with Crippen LogP contribution in [0.4, 0.5) is 0 Å². The van der Waals surface area contributed by atoms with E-state index in [0.717, 1.165) is 10.3 Å². The van der Waals surface area contributed by atoms with Gasteiger partial charge in [0.05, 0.1) is 5.56 Å². The second-order valence-corrected chi connectivity index (χ2v) is 4.88. The Morgan fingerprint density at radius 2 is 1.88 bits per heavy atom. The molecule has 0 aliphatic carbocycles. The standard InChI is InChI=1S/C12H14ClNO2/c1-8-12(2,3)16-11(14(8)15)9-4-6-10(13)7-5-9/h4-7,11H,1-3H3. The maximum atomic E-state index is 11.9. The highest BCUT2D eigenvalue weighted by Gasteiger charge is 2.43. The van der Waals surface area contributed by atoms with Crippen LogP contribution in [0.1, 0.15) is 32.6 Å². The zero-order valence-corrected chi connectivity index (χ0v) is 10.3. The van der Waals surface area contributed by atoms with Gasteiger partial charge in [-0.2, -0.15) is 4.74 Å². The SMILES string of the molecule is CC1=[N+]([O-])C(c2ccc(Cl)cc2)OC1(C)C. The van der Waals surface area contributed by atoms with Crippen molar-refractivity contribution in [3.05, 3.63) is 40.1 Å². The van der Waals surface area contributed by atoms with Crippen molar-refractivity contribution >= 4 is 17.3 Å². The number of halogens is 1. The van der Waals surface area contributed by atoms with E-state index in [1.807, 2.05) is 26.0 Å². The van der Waals surface area contributed by atoms with Crippen LogP contribution in [0, 0.1) is 5.21 Å². The highest BCUT2D eigenvalue weighted by molar-refractivity contribution is 6.30. The van der Waals surface area contributed by atoms with Gasteiger partial charge in [0.25, 0.3) is 6.23 Å². The fraction of sp³-hybridized carbons (Fsp3) is 0.417. The summed E-state index contributed by atoms with van der Waals surface area (Å²) in [5.74, 6) is 0. The van der Waals surface area contributed by atoms with Crippen LogP contribution in [-0.2, 0) is 4.74 Å². The zero-order valence-electron chi connectivity index (χ0n) is 9.53. The molecule has 0 spiro atoms. The summed E-state index contributed by atoms with van der Waals surface area (Å²) in [4.78, 5) is 0. The van der Waals surface area contributed by atoms with E-state index in [1.165, 1.54) is 0 Å². The smallest absolute Gasteiger partial charge is 0.295 e. The maximum absolute atomic E-state index is 11.9. The van der Waals surface area contributed by atoms with Crippen molar-refractivity contribution in [2.75, 3.05) is 0 Å². The number of hydroxylamine groups is 1. The summed E-state index contributed by atoms with van der Waals surface area (Å²) in [7, 11) is 0. The van der Waals surface area contributed by atoms with Crippen LogP contribution < -0.4 is 0 Å². The molecule has 1 atom stereocenters. The molecular formula is C12H14ClNO2. The van der Waals surface area contributed by atoms with E-state index in [4.69, 9.17) is 16.3 Å². The first-order valence-corrected chi connectivity index (χ1v) is 5.53. The predicted octanol–water partition coefficient (Wildman–Crippen LogP) is 3.12. The van der Waals surface area contributed by atoms with Crippen molar-refractivity contribution in [1.29, 1.82) is 0 Å². The Morgan fingerprint density at radius 3 is 2.31 bits per heavy atom. The molecule has 0 amide bonds. The summed E-state index contributed by atoms with van der Waals surface area (Å²) in [5, 5.41) is 12.6. The normalized spacial score (nSPS) is 23.9. The third kappa shape index (κ3) is 1.81. The van der Waals surface area contributed by atoms with Gasteiger partial charge in [-0.05, 0) is 38.1 Å². The summed E-state index contributed by atoms with van der Waals surface area (Å²) in [6, 6.07) is 7.14. The molecule has 1 aromatic rings. The molecule has 0 radical (unpaired) electrons. The molecule has 1 aromatic carbocycles. The largest absolute Gasteiger partial charge is 0.622 e. The molecular weight excluding hydrogens is 226 g/mol. The van der Waals surface area contributed by atoms with Gasteiger partial charge in [0.1, 0.15) is 5.60 Å². The van der Waals surface area contributed by atoms with Crippen LogP contribution in [0.5, 0.6) is 0 Å². The van der Waals surface area contributed by atoms with E-state index < -0.39 is 11.8 Å². The number of ether oxygens (including phenoxy) is 1. The molecule has 0 saturated carbocycles. The van der Waals surface area contributed by atoms with Gasteiger partial charge in [0, 0.05) is 11.9 Å². The van der Waals surface area contributed by atoms with Gasteiger partial charge in [-0.3, -0.25) is 4.74 Å². The molecule has 0 saturated heterocycles. The van der Waals surface area contributed by atoms with E-state index in [0.29, 0.717) is 10.7 Å². The quantitative estimate of drug-likeness (QED) is 0.558. The van der Waals surface area contributed by atoms with E-state index in [-0.39, 0.29) is 0 Å². The van der Waals surface area contributed by atoms with Crippen molar-refractivity contribution in [1.82, 2.24) is 0 Å². The summed E-state index contributed by atoms with van der Waals surface area (Å²) in [6.07, 6.45) is -0.563. The summed E-state index contributed by atoms with van der Waals surface area (Å²) in [6.45, 7) is 5.58. The molecule has 1 aliphatic heterocycles. The maximum Gasteiger partial charge on any atom is 0.295 e. The zero-order chi connectivity index (χ0) is 11.9. The average Bonchev–Trinajstić information content (AvgIpc) is 2.44. The van der Waals surface area contributed by atoms with Crippen LogP contribution in [0.2, 0.25) is 5.02 Å². The topological polar surface area (TPSA) is 35.3 Å². The molecule has 86 valence electrons. The molecule has 2 rings (SSSR count). The van der Waals surface area contributed by atoms with Gasteiger partial charge in [0.15, 0.2) is 5.71 Å². The first-order chi connectivity index (χ1) is 7.42. The monoisotopic (exact) mass is 239 g/mol. The Labute approximate surface area is 99.9 Å². The Hall–Kier alpha value is -1.06. The Bertz CT molecular complexity index is 437. The second-order valence-electron chi connectivity index (χ2n) is 4.44. The first kappa shape index (κ1) is 11.4. The molecule has 0 bridgehead atoms. The van der Waals surface area contributed by atoms with Crippen molar-refractivity contribution in [2.45, 2.75) is 32.6 Å². The number of rotatable bonds is 1. The first-order valence-electron chi connectivity index (χ1n) is 5.15. The lowest BCUT2D eigenvalue weighted by atomic mass is 10.1. The van der Waals surface area contributed by atoms with E-state index in [9.17, 15) is 5.21 Å². The highest BCUT2D eigenvalue weighted by Crippen LogP contribution is 2.32. The molecule has 16 heavy (non-hydrogen) atoms. The second kappa shape index (κ2) is 3.75. The van der Waals surface area contributed by atoms with Gasteiger partial charge >= 0.3 is 0 Å². The van der Waals surface area contributed by atoms with Crippen LogP contribution >= 0.6 is 11.6 Å². The minimum atomic E-state index is -0.563. The molecule has 1 unspecified atom stereocenters. The Balaban J connectivity index is 2.35. The van der Waals surface area contributed by atoms with Crippen LogP contribution in [0.15, 0.2) is 24.3 Å². The number of hydrogen-bond acceptors (Lipinski definition) is 2. The van der Waals surface area contributed by atoms with Crippen molar-refractivity contribution in [2.24, 2.45) is 0 Å². The lowest BCUT2D eigenvalue weighted by Gasteiger charge is -2.15. The van der Waals surface area contributed by atoms with Gasteiger partial charge in [-0.15, -0.1) is 0 Å². The van der Waals surface area contributed by atoms with Crippen molar-refractivity contribution < 1.29 is 9.48 Å². The fourth-order valence-electron chi connectivity index (χ4n) is 1.68. The molecule has 4 heteroatoms. The molecule has 0 aromatic heterocycles. The highest BCUT2D eigenvalue weighted by atomic mass is 35.5. The van der Waals surface area contributed by atoms with Gasteiger partial charge < -0.3 is 5.21 Å². The third-order valence-corrected chi connectivity index (χ3v) is 3.23. The van der Waals surface area contributed by atoms with Gasteiger partial charge in [-0.25, -0.2) is 0 Å². The van der Waals surface area contributed by atoms with Gasteiger partial charge in [0.2, 0.25) is 0 Å². The molecule has 3 nitrogen and oxygen atoms in total. The molecule has 1 heterocycles. The average molecular weight is 240 g/mol. The van der Waals surface area contributed by atoms with Crippen LogP contribution in [0.25, 0.3) is 0 Å². The van der Waals surface area contributed by atoms with E-state index >= 15 is 0 Å². The number of nitrogens with zero attached hydrogens (tertiary/aromatic N) is 1. The van der Waals surface area contributed by atoms with Crippen molar-refractivity contribution in [3.63, 3.8) is 0 Å². The summed E-state index contributed by atoms with van der Waals surface area (Å²) >= 11 is 5.80. The number of benzene rings is 1. The lowest BCUT2D eigenvalue weighted by Crippen LogP contribution is -2.28. The minimum absolute atomic E-state index is 0.508. The fourth-order valence-corrected chi connectivity index (χ4v) is 1.81. The molecule has 0 fully saturated rings.